The first kappa shape index (κ1) is 23.7. The number of fused-ring (bicyclic) bond motifs is 1. The van der Waals surface area contributed by atoms with Crippen molar-refractivity contribution in [2.45, 2.75) is 24.7 Å². The number of hydrogen-bond acceptors (Lipinski definition) is 5. The highest BCUT2D eigenvalue weighted by Gasteiger charge is 2.32. The minimum Gasteiger partial charge on any atom is -0.495 e. The lowest BCUT2D eigenvalue weighted by atomic mass is 9.97. The maximum atomic E-state index is 13.2. The van der Waals surface area contributed by atoms with Gasteiger partial charge in [-0.1, -0.05) is 30.3 Å². The summed E-state index contributed by atoms with van der Waals surface area (Å²) in [4.78, 5) is 24.5. The first-order valence-corrected chi connectivity index (χ1v) is 12.5. The quantitative estimate of drug-likeness (QED) is 0.557. The van der Waals surface area contributed by atoms with E-state index in [1.54, 1.807) is 30.3 Å². The number of amides is 2. The van der Waals surface area contributed by atoms with E-state index in [1.165, 1.54) is 18.3 Å². The molecule has 0 spiro atoms. The van der Waals surface area contributed by atoms with Gasteiger partial charge in [-0.2, -0.15) is 4.31 Å². The molecule has 1 fully saturated rings. The van der Waals surface area contributed by atoms with Crippen molar-refractivity contribution < 1.29 is 22.7 Å². The van der Waals surface area contributed by atoms with E-state index in [9.17, 15) is 18.0 Å². The highest BCUT2D eigenvalue weighted by atomic mass is 32.2. The number of ether oxygens (including phenoxy) is 1. The molecular weight excluding hydrogens is 454 g/mol. The highest BCUT2D eigenvalue weighted by molar-refractivity contribution is 7.89. The van der Waals surface area contributed by atoms with Crippen LogP contribution in [-0.2, 0) is 19.6 Å². The summed E-state index contributed by atoms with van der Waals surface area (Å²) in [6, 6.07) is 17.7. The van der Waals surface area contributed by atoms with E-state index in [2.05, 4.69) is 10.6 Å². The lowest BCUT2D eigenvalue weighted by Gasteiger charge is -2.30. The largest absolute Gasteiger partial charge is 0.495 e. The number of nitrogens with zero attached hydrogens (tertiary/aromatic N) is 1. The number of nitrogens with one attached hydrogen (secondary N) is 2. The van der Waals surface area contributed by atoms with Gasteiger partial charge in [-0.05, 0) is 53.9 Å². The van der Waals surface area contributed by atoms with Crippen LogP contribution in [0.25, 0.3) is 10.8 Å². The first-order valence-electron chi connectivity index (χ1n) is 11.0. The molecule has 0 saturated carbocycles. The van der Waals surface area contributed by atoms with E-state index >= 15 is 0 Å². The summed E-state index contributed by atoms with van der Waals surface area (Å²) in [6.07, 6.45) is 0.818. The summed E-state index contributed by atoms with van der Waals surface area (Å²) in [5.74, 6) is -0.292. The third-order valence-electron chi connectivity index (χ3n) is 5.96. The van der Waals surface area contributed by atoms with Gasteiger partial charge in [-0.15, -0.1) is 0 Å². The molecular formula is C25H27N3O5S. The van der Waals surface area contributed by atoms with Crippen molar-refractivity contribution in [2.24, 2.45) is 5.92 Å². The number of hydrogen-bond donors (Lipinski definition) is 2. The zero-order chi connectivity index (χ0) is 24.3. The number of piperidine rings is 1. The Balaban J connectivity index is 1.43. The van der Waals surface area contributed by atoms with Gasteiger partial charge >= 0.3 is 0 Å². The first-order chi connectivity index (χ1) is 16.3. The number of methoxy groups -OCH3 is 1. The van der Waals surface area contributed by atoms with Crippen LogP contribution >= 0.6 is 0 Å². The summed E-state index contributed by atoms with van der Waals surface area (Å²) in [6.45, 7) is 1.93. The Hall–Kier alpha value is -3.43. The molecule has 178 valence electrons. The van der Waals surface area contributed by atoms with Crippen molar-refractivity contribution in [3.8, 4) is 5.75 Å². The van der Waals surface area contributed by atoms with Crippen molar-refractivity contribution in [1.82, 2.24) is 4.31 Å². The van der Waals surface area contributed by atoms with Crippen molar-refractivity contribution in [2.75, 3.05) is 30.8 Å². The molecule has 0 bridgehead atoms. The van der Waals surface area contributed by atoms with Gasteiger partial charge in [0.2, 0.25) is 21.8 Å². The molecule has 9 heteroatoms. The van der Waals surface area contributed by atoms with E-state index in [-0.39, 0.29) is 35.7 Å². The van der Waals surface area contributed by atoms with Crippen LogP contribution in [0.15, 0.2) is 65.6 Å². The molecule has 1 aliphatic rings. The second-order valence-electron chi connectivity index (χ2n) is 8.27. The normalized spacial score (nSPS) is 15.1. The molecule has 2 N–H and O–H groups in total. The Morgan fingerprint density at radius 3 is 2.32 bits per heavy atom. The molecule has 4 rings (SSSR count). The van der Waals surface area contributed by atoms with Crippen molar-refractivity contribution >= 4 is 44.0 Å². The number of carbonyl (C=O) groups is 2. The third kappa shape index (κ3) is 5.05. The number of carbonyl (C=O) groups excluding carboxylic acids is 2. The van der Waals surface area contributed by atoms with Crippen LogP contribution in [0, 0.1) is 5.92 Å². The number of rotatable bonds is 6. The van der Waals surface area contributed by atoms with Gasteiger partial charge in [0.15, 0.2) is 0 Å². The maximum Gasteiger partial charge on any atom is 0.243 e. The van der Waals surface area contributed by atoms with Gasteiger partial charge < -0.3 is 15.4 Å². The fourth-order valence-electron chi connectivity index (χ4n) is 4.16. The molecule has 0 aliphatic carbocycles. The number of anilines is 2. The average molecular weight is 482 g/mol. The molecule has 1 saturated heterocycles. The lowest BCUT2D eigenvalue weighted by molar-refractivity contribution is -0.121. The van der Waals surface area contributed by atoms with Gasteiger partial charge in [0, 0.05) is 31.6 Å². The Morgan fingerprint density at radius 1 is 0.941 bits per heavy atom. The summed E-state index contributed by atoms with van der Waals surface area (Å²) in [7, 11) is -2.15. The Kier molecular flexibility index (Phi) is 6.85. The van der Waals surface area contributed by atoms with Crippen LogP contribution in [0.4, 0.5) is 11.4 Å². The molecule has 3 aromatic carbocycles. The topological polar surface area (TPSA) is 105 Å². The van der Waals surface area contributed by atoms with Crippen molar-refractivity contribution in [3.05, 3.63) is 60.7 Å². The fraction of sp³-hybridized carbons (Fsp3) is 0.280. The van der Waals surface area contributed by atoms with Crippen LogP contribution in [0.5, 0.6) is 5.75 Å². The average Bonchev–Trinajstić information content (AvgIpc) is 2.83. The fourth-order valence-corrected chi connectivity index (χ4v) is 5.66. The second kappa shape index (κ2) is 9.82. The molecule has 0 radical (unpaired) electrons. The molecule has 3 aromatic rings. The van der Waals surface area contributed by atoms with E-state index in [0.717, 1.165) is 10.8 Å². The molecule has 1 heterocycles. The molecule has 8 nitrogen and oxygen atoms in total. The predicted octanol–water partition coefficient (Wildman–Crippen LogP) is 3.85. The van der Waals surface area contributed by atoms with Gasteiger partial charge in [0.05, 0.1) is 17.7 Å². The van der Waals surface area contributed by atoms with Gasteiger partial charge in [0.25, 0.3) is 0 Å². The Labute approximate surface area is 199 Å². The smallest absolute Gasteiger partial charge is 0.243 e. The summed E-state index contributed by atoms with van der Waals surface area (Å²) >= 11 is 0. The highest BCUT2D eigenvalue weighted by Crippen LogP contribution is 2.31. The van der Waals surface area contributed by atoms with E-state index in [4.69, 9.17) is 4.74 Å². The molecule has 0 aromatic heterocycles. The molecule has 1 aliphatic heterocycles. The van der Waals surface area contributed by atoms with Crippen LogP contribution in [-0.4, -0.2) is 44.7 Å². The van der Waals surface area contributed by atoms with E-state index in [1.807, 2.05) is 30.3 Å². The third-order valence-corrected chi connectivity index (χ3v) is 7.86. The van der Waals surface area contributed by atoms with E-state index < -0.39 is 10.0 Å². The number of sulfonamides is 1. The zero-order valence-electron chi connectivity index (χ0n) is 19.1. The standard InChI is InChI=1S/C25H27N3O5S/c1-17(29)26-21-8-10-24(33-2)23(16-21)27-25(30)19-11-13-28(14-12-19)34(31,32)22-9-7-18-5-3-4-6-20(18)15-22/h3-10,15-16,19H,11-14H2,1-2H3,(H,26,29)(H,27,30). The minimum absolute atomic E-state index is 0.207. The second-order valence-corrected chi connectivity index (χ2v) is 10.2. The number of benzene rings is 3. The SMILES string of the molecule is COc1ccc(NC(C)=O)cc1NC(=O)C1CCN(S(=O)(=O)c2ccc3ccccc3c2)CC1. The molecule has 34 heavy (non-hydrogen) atoms. The Bertz CT molecular complexity index is 1330. The van der Waals surface area contributed by atoms with Crippen molar-refractivity contribution in [3.63, 3.8) is 0 Å². The predicted molar refractivity (Wildman–Crippen MR) is 131 cm³/mol. The van der Waals surface area contributed by atoms with Gasteiger partial charge in [-0.25, -0.2) is 8.42 Å². The van der Waals surface area contributed by atoms with Gasteiger partial charge in [-0.3, -0.25) is 9.59 Å². The Morgan fingerprint density at radius 2 is 1.65 bits per heavy atom. The van der Waals surface area contributed by atoms with Crippen LogP contribution in [0.2, 0.25) is 0 Å². The summed E-state index contributed by atoms with van der Waals surface area (Å²) < 4.78 is 33.1. The zero-order valence-corrected chi connectivity index (χ0v) is 19.9. The lowest BCUT2D eigenvalue weighted by Crippen LogP contribution is -2.41. The minimum atomic E-state index is -3.65. The van der Waals surface area contributed by atoms with Crippen LogP contribution in [0.1, 0.15) is 19.8 Å². The van der Waals surface area contributed by atoms with Gasteiger partial charge in [0.1, 0.15) is 5.75 Å². The van der Waals surface area contributed by atoms with Crippen LogP contribution in [0.3, 0.4) is 0 Å². The summed E-state index contributed by atoms with van der Waals surface area (Å²) in [5, 5.41) is 7.40. The molecule has 2 amide bonds. The maximum absolute atomic E-state index is 13.2. The summed E-state index contributed by atoms with van der Waals surface area (Å²) in [5.41, 5.74) is 0.991. The van der Waals surface area contributed by atoms with Crippen LogP contribution < -0.4 is 15.4 Å². The van der Waals surface area contributed by atoms with E-state index in [0.29, 0.717) is 30.0 Å². The molecule has 0 atom stereocenters. The molecule has 0 unspecified atom stereocenters. The van der Waals surface area contributed by atoms with Crippen molar-refractivity contribution in [1.29, 1.82) is 0 Å². The monoisotopic (exact) mass is 481 g/mol.